The molecule has 7 heteroatoms. The highest BCUT2D eigenvalue weighted by molar-refractivity contribution is 7.22. The summed E-state index contributed by atoms with van der Waals surface area (Å²) in [5.74, 6) is -0.199. The summed E-state index contributed by atoms with van der Waals surface area (Å²) in [7, 11) is 0. The van der Waals surface area contributed by atoms with Crippen molar-refractivity contribution in [2.45, 2.75) is 0 Å². The second kappa shape index (κ2) is 6.54. The van der Waals surface area contributed by atoms with Crippen molar-refractivity contribution in [1.82, 2.24) is 9.97 Å². The lowest BCUT2D eigenvalue weighted by atomic mass is 10.2. The summed E-state index contributed by atoms with van der Waals surface area (Å²) in [5, 5.41) is 3.44. The monoisotopic (exact) mass is 340 g/mol. The quantitative estimate of drug-likeness (QED) is 0.794. The summed E-state index contributed by atoms with van der Waals surface area (Å²) in [6, 6.07) is 9.66. The molecule has 3 heterocycles. The van der Waals surface area contributed by atoms with E-state index in [1.165, 1.54) is 17.0 Å². The lowest BCUT2D eigenvalue weighted by Crippen LogP contribution is -2.36. The average molecular weight is 340 g/mol. The second-order valence-electron chi connectivity index (χ2n) is 5.47. The van der Waals surface area contributed by atoms with Gasteiger partial charge in [-0.3, -0.25) is 15.1 Å². The molecule has 0 atom stereocenters. The molecule has 0 unspecified atom stereocenters. The van der Waals surface area contributed by atoms with Gasteiger partial charge in [0.15, 0.2) is 5.13 Å². The Labute approximate surface area is 143 Å². The van der Waals surface area contributed by atoms with E-state index < -0.39 is 0 Å². The second-order valence-corrected chi connectivity index (χ2v) is 6.50. The van der Waals surface area contributed by atoms with Gasteiger partial charge in [0.1, 0.15) is 0 Å². The van der Waals surface area contributed by atoms with E-state index in [9.17, 15) is 4.79 Å². The number of nitrogens with zero attached hydrogens (tertiary/aromatic N) is 3. The Morgan fingerprint density at radius 3 is 2.92 bits per heavy atom. The van der Waals surface area contributed by atoms with Crippen LogP contribution < -0.4 is 10.2 Å². The van der Waals surface area contributed by atoms with E-state index >= 15 is 0 Å². The van der Waals surface area contributed by atoms with Crippen LogP contribution in [0.1, 0.15) is 10.4 Å². The van der Waals surface area contributed by atoms with Crippen LogP contribution in [0.25, 0.3) is 10.2 Å². The molecule has 4 rings (SSSR count). The van der Waals surface area contributed by atoms with E-state index in [1.807, 2.05) is 6.07 Å². The van der Waals surface area contributed by atoms with Crippen LogP contribution in [0.4, 0.5) is 10.8 Å². The first kappa shape index (κ1) is 15.0. The van der Waals surface area contributed by atoms with E-state index in [0.29, 0.717) is 10.7 Å². The summed E-state index contributed by atoms with van der Waals surface area (Å²) >= 11 is 1.48. The number of amides is 1. The number of ether oxygens (including phenoxy) is 1. The van der Waals surface area contributed by atoms with Crippen LogP contribution in [0, 0.1) is 0 Å². The summed E-state index contributed by atoms with van der Waals surface area (Å²) in [6.07, 6.45) is 3.18. The highest BCUT2D eigenvalue weighted by Gasteiger charge is 2.14. The van der Waals surface area contributed by atoms with Crippen molar-refractivity contribution in [3.8, 4) is 0 Å². The predicted molar refractivity (Wildman–Crippen MR) is 94.8 cm³/mol. The number of nitrogens with one attached hydrogen (secondary N) is 1. The normalized spacial score (nSPS) is 14.8. The fourth-order valence-electron chi connectivity index (χ4n) is 2.65. The van der Waals surface area contributed by atoms with Crippen molar-refractivity contribution < 1.29 is 9.53 Å². The Kier molecular flexibility index (Phi) is 4.10. The highest BCUT2D eigenvalue weighted by Crippen LogP contribution is 2.30. The smallest absolute Gasteiger partial charge is 0.259 e. The molecule has 1 aliphatic rings. The van der Waals surface area contributed by atoms with Gasteiger partial charge in [0, 0.05) is 31.2 Å². The number of carbonyl (C=O) groups is 1. The Morgan fingerprint density at radius 1 is 1.25 bits per heavy atom. The minimum absolute atomic E-state index is 0.199. The third-order valence-electron chi connectivity index (χ3n) is 3.89. The van der Waals surface area contributed by atoms with Crippen molar-refractivity contribution in [2.75, 3.05) is 36.5 Å². The third kappa shape index (κ3) is 3.08. The number of aromatic nitrogens is 2. The fraction of sp³-hybridized carbons (Fsp3) is 0.235. The molecule has 1 aromatic carbocycles. The molecule has 24 heavy (non-hydrogen) atoms. The van der Waals surface area contributed by atoms with Crippen molar-refractivity contribution in [1.29, 1.82) is 0 Å². The Morgan fingerprint density at radius 2 is 2.12 bits per heavy atom. The molecule has 1 saturated heterocycles. The largest absolute Gasteiger partial charge is 0.378 e. The number of anilines is 2. The molecule has 122 valence electrons. The van der Waals surface area contributed by atoms with Crippen LogP contribution in [0.5, 0.6) is 0 Å². The van der Waals surface area contributed by atoms with Crippen LogP contribution in [-0.2, 0) is 4.74 Å². The molecule has 2 aromatic heterocycles. The molecule has 1 N–H and O–H groups in total. The van der Waals surface area contributed by atoms with Crippen LogP contribution >= 0.6 is 11.3 Å². The zero-order valence-corrected chi connectivity index (χ0v) is 13.8. The maximum Gasteiger partial charge on any atom is 0.259 e. The first-order valence-corrected chi connectivity index (χ1v) is 8.56. The molecule has 1 aliphatic heterocycles. The number of thiazole rings is 1. The van der Waals surface area contributed by atoms with Crippen LogP contribution in [0.3, 0.4) is 0 Å². The molecule has 0 radical (unpaired) electrons. The standard InChI is InChI=1S/C17H16N4O2S/c22-16(12-2-1-5-18-11-12)20-17-19-14-4-3-13(10-15(14)24-17)21-6-8-23-9-7-21/h1-5,10-11H,6-9H2,(H,19,20,22). The number of carbonyl (C=O) groups excluding carboxylic acids is 1. The number of morpholine rings is 1. The number of hydrogen-bond donors (Lipinski definition) is 1. The van der Waals surface area contributed by atoms with Gasteiger partial charge < -0.3 is 9.64 Å². The third-order valence-corrected chi connectivity index (χ3v) is 4.83. The van der Waals surface area contributed by atoms with E-state index in [1.54, 1.807) is 24.5 Å². The van der Waals surface area contributed by atoms with E-state index in [4.69, 9.17) is 4.74 Å². The minimum Gasteiger partial charge on any atom is -0.378 e. The molecular weight excluding hydrogens is 324 g/mol. The Bertz CT molecular complexity index is 859. The van der Waals surface area contributed by atoms with Gasteiger partial charge in [-0.1, -0.05) is 11.3 Å². The lowest BCUT2D eigenvalue weighted by molar-refractivity contribution is 0.102. The topological polar surface area (TPSA) is 67.4 Å². The van der Waals surface area contributed by atoms with Gasteiger partial charge in [0.05, 0.1) is 29.0 Å². The lowest BCUT2D eigenvalue weighted by Gasteiger charge is -2.28. The Balaban J connectivity index is 1.55. The number of rotatable bonds is 3. The van der Waals surface area contributed by atoms with Crippen molar-refractivity contribution in [2.24, 2.45) is 0 Å². The van der Waals surface area contributed by atoms with E-state index in [0.717, 1.165) is 36.5 Å². The van der Waals surface area contributed by atoms with Crippen molar-refractivity contribution >= 4 is 38.3 Å². The van der Waals surface area contributed by atoms with Gasteiger partial charge >= 0.3 is 0 Å². The molecule has 0 spiro atoms. The Hall–Kier alpha value is -2.51. The summed E-state index contributed by atoms with van der Waals surface area (Å²) in [4.78, 5) is 22.9. The molecule has 6 nitrogen and oxygen atoms in total. The molecule has 0 aliphatic carbocycles. The van der Waals surface area contributed by atoms with E-state index in [2.05, 4.69) is 32.3 Å². The molecule has 1 fully saturated rings. The SMILES string of the molecule is O=C(Nc1nc2ccc(N3CCOCC3)cc2s1)c1cccnc1. The minimum atomic E-state index is -0.199. The van der Waals surface area contributed by atoms with Crippen LogP contribution in [0.2, 0.25) is 0 Å². The zero-order chi connectivity index (χ0) is 16.4. The van der Waals surface area contributed by atoms with Gasteiger partial charge in [-0.25, -0.2) is 4.98 Å². The first-order valence-electron chi connectivity index (χ1n) is 7.74. The van der Waals surface area contributed by atoms with Crippen molar-refractivity contribution in [3.63, 3.8) is 0 Å². The molecule has 1 amide bonds. The number of fused-ring (bicyclic) bond motifs is 1. The fourth-order valence-corrected chi connectivity index (χ4v) is 3.55. The van der Waals surface area contributed by atoms with Gasteiger partial charge in [0.2, 0.25) is 0 Å². The first-order chi connectivity index (χ1) is 11.8. The maximum absolute atomic E-state index is 12.2. The average Bonchev–Trinajstić information content (AvgIpc) is 3.04. The van der Waals surface area contributed by atoms with Crippen LogP contribution in [0.15, 0.2) is 42.7 Å². The van der Waals surface area contributed by atoms with Gasteiger partial charge in [-0.2, -0.15) is 0 Å². The predicted octanol–water partition coefficient (Wildman–Crippen LogP) is 2.78. The zero-order valence-electron chi connectivity index (χ0n) is 12.9. The van der Waals surface area contributed by atoms with Crippen molar-refractivity contribution in [3.05, 3.63) is 48.3 Å². The molecule has 3 aromatic rings. The van der Waals surface area contributed by atoms with E-state index in [-0.39, 0.29) is 5.91 Å². The maximum atomic E-state index is 12.2. The number of benzene rings is 1. The summed E-state index contributed by atoms with van der Waals surface area (Å²) in [6.45, 7) is 3.31. The van der Waals surface area contributed by atoms with Gasteiger partial charge in [0.25, 0.3) is 5.91 Å². The molecular formula is C17H16N4O2S. The van der Waals surface area contributed by atoms with Gasteiger partial charge in [-0.15, -0.1) is 0 Å². The number of pyridine rings is 1. The van der Waals surface area contributed by atoms with Crippen LogP contribution in [-0.4, -0.2) is 42.2 Å². The van der Waals surface area contributed by atoms with Gasteiger partial charge in [-0.05, 0) is 30.3 Å². The summed E-state index contributed by atoms with van der Waals surface area (Å²) < 4.78 is 6.45. The highest BCUT2D eigenvalue weighted by atomic mass is 32.1. The molecule has 0 saturated carbocycles. The molecule has 0 bridgehead atoms. The summed E-state index contributed by atoms with van der Waals surface area (Å²) in [5.41, 5.74) is 2.57. The number of hydrogen-bond acceptors (Lipinski definition) is 6.